The minimum atomic E-state index is -0.277. The summed E-state index contributed by atoms with van der Waals surface area (Å²) in [4.78, 5) is 16.9. The number of carbonyl (C=O) groups is 1. The van der Waals surface area contributed by atoms with Gasteiger partial charge in [-0.25, -0.2) is 4.39 Å². The molecule has 0 saturated heterocycles. The van der Waals surface area contributed by atoms with E-state index in [0.29, 0.717) is 16.8 Å². The van der Waals surface area contributed by atoms with Gasteiger partial charge in [-0.15, -0.1) is 22.7 Å². The van der Waals surface area contributed by atoms with Gasteiger partial charge in [0.2, 0.25) is 0 Å². The van der Waals surface area contributed by atoms with Crippen molar-refractivity contribution in [2.45, 2.75) is 25.9 Å². The molecule has 1 aliphatic heterocycles. The monoisotopic (exact) mass is 374 g/mol. The predicted molar refractivity (Wildman–Crippen MR) is 102 cm³/mol. The van der Waals surface area contributed by atoms with Crippen LogP contribution in [0.3, 0.4) is 0 Å². The summed E-state index contributed by atoms with van der Waals surface area (Å²) in [5.41, 5.74) is 1.41. The third-order valence-corrected chi connectivity index (χ3v) is 6.87. The molecule has 0 saturated carbocycles. The molecule has 1 aliphatic rings. The Morgan fingerprint density at radius 3 is 3.12 bits per heavy atom. The number of nitrogens with zero attached hydrogens (tertiary/aromatic N) is 1. The molecule has 0 aliphatic carbocycles. The first-order chi connectivity index (χ1) is 12.1. The van der Waals surface area contributed by atoms with Gasteiger partial charge >= 0.3 is 0 Å². The molecule has 0 spiro atoms. The Bertz CT molecular complexity index is 917. The molecule has 4 rings (SSSR count). The topological polar surface area (TPSA) is 32.3 Å². The molecule has 1 atom stereocenters. The highest BCUT2D eigenvalue weighted by Crippen LogP contribution is 2.28. The van der Waals surface area contributed by atoms with Crippen molar-refractivity contribution in [3.05, 3.63) is 56.8 Å². The van der Waals surface area contributed by atoms with Gasteiger partial charge in [0.1, 0.15) is 5.82 Å². The summed E-state index contributed by atoms with van der Waals surface area (Å²) in [6.07, 6.45) is 1.08. The van der Waals surface area contributed by atoms with Gasteiger partial charge in [-0.05, 0) is 48.6 Å². The summed E-state index contributed by atoms with van der Waals surface area (Å²) in [5.74, 6) is -0.401. The largest absolute Gasteiger partial charge is 0.350 e. The van der Waals surface area contributed by atoms with Crippen molar-refractivity contribution < 1.29 is 9.18 Å². The van der Waals surface area contributed by atoms with E-state index in [2.05, 4.69) is 28.6 Å². The number of rotatable bonds is 4. The van der Waals surface area contributed by atoms with E-state index in [1.165, 1.54) is 27.8 Å². The van der Waals surface area contributed by atoms with Crippen LogP contribution < -0.4 is 5.32 Å². The molecule has 1 amide bonds. The van der Waals surface area contributed by atoms with Crippen molar-refractivity contribution in [3.8, 4) is 0 Å². The van der Waals surface area contributed by atoms with Crippen molar-refractivity contribution in [3.63, 3.8) is 0 Å². The molecule has 1 N–H and O–H groups in total. The van der Waals surface area contributed by atoms with Gasteiger partial charge in [-0.1, -0.05) is 6.07 Å². The number of hydrogen-bond donors (Lipinski definition) is 1. The highest BCUT2D eigenvalue weighted by molar-refractivity contribution is 7.20. The molecule has 0 bridgehead atoms. The summed E-state index contributed by atoms with van der Waals surface area (Å²) in [6, 6.07) is 9.05. The summed E-state index contributed by atoms with van der Waals surface area (Å²) in [7, 11) is 0. The van der Waals surface area contributed by atoms with Crippen LogP contribution in [0, 0.1) is 5.82 Å². The standard InChI is InChI=1S/C19H19FN2OS2/c1-12(22-7-5-16-13(11-22)6-8-24-16)10-21-19(23)18-9-14-15(20)3-2-4-17(14)25-18/h2-4,6,8-9,12H,5,7,10-11H2,1H3,(H,21,23). The average Bonchev–Trinajstić information content (AvgIpc) is 3.25. The van der Waals surface area contributed by atoms with Gasteiger partial charge in [0.25, 0.3) is 5.91 Å². The molecule has 2 aromatic heterocycles. The van der Waals surface area contributed by atoms with Crippen molar-refractivity contribution >= 4 is 38.7 Å². The second-order valence-corrected chi connectivity index (χ2v) is 8.50. The van der Waals surface area contributed by atoms with E-state index in [1.54, 1.807) is 12.1 Å². The van der Waals surface area contributed by atoms with Gasteiger partial charge in [-0.3, -0.25) is 9.69 Å². The van der Waals surface area contributed by atoms with Crippen LogP contribution in [0.15, 0.2) is 35.7 Å². The zero-order valence-corrected chi connectivity index (χ0v) is 15.6. The number of benzene rings is 1. The van der Waals surface area contributed by atoms with E-state index in [-0.39, 0.29) is 17.8 Å². The zero-order chi connectivity index (χ0) is 17.4. The van der Waals surface area contributed by atoms with Crippen molar-refractivity contribution in [2.75, 3.05) is 13.1 Å². The Kier molecular flexibility index (Phi) is 4.58. The first kappa shape index (κ1) is 16.7. The number of nitrogens with one attached hydrogen (secondary N) is 1. The highest BCUT2D eigenvalue weighted by Gasteiger charge is 2.22. The Labute approximate surface area is 154 Å². The second-order valence-electron chi connectivity index (χ2n) is 6.41. The number of hydrogen-bond acceptors (Lipinski definition) is 4. The zero-order valence-electron chi connectivity index (χ0n) is 13.9. The van der Waals surface area contributed by atoms with Crippen LogP contribution in [0.2, 0.25) is 0 Å². The lowest BCUT2D eigenvalue weighted by molar-refractivity contribution is 0.0937. The lowest BCUT2D eigenvalue weighted by Gasteiger charge is -2.32. The Balaban J connectivity index is 1.39. The molecule has 3 aromatic rings. The van der Waals surface area contributed by atoms with E-state index < -0.39 is 0 Å². The molecule has 0 radical (unpaired) electrons. The van der Waals surface area contributed by atoms with Crippen LogP contribution in [-0.2, 0) is 13.0 Å². The van der Waals surface area contributed by atoms with E-state index in [4.69, 9.17) is 0 Å². The molecule has 1 aromatic carbocycles. The van der Waals surface area contributed by atoms with E-state index in [1.807, 2.05) is 17.4 Å². The number of carbonyl (C=O) groups excluding carboxylic acids is 1. The lowest BCUT2D eigenvalue weighted by atomic mass is 10.1. The summed E-state index contributed by atoms with van der Waals surface area (Å²) in [5, 5.41) is 5.68. The molecule has 0 fully saturated rings. The molecular weight excluding hydrogens is 355 g/mol. The average molecular weight is 375 g/mol. The molecule has 25 heavy (non-hydrogen) atoms. The first-order valence-corrected chi connectivity index (χ1v) is 10.1. The summed E-state index contributed by atoms with van der Waals surface area (Å²) >= 11 is 3.17. The van der Waals surface area contributed by atoms with Gasteiger partial charge in [-0.2, -0.15) is 0 Å². The fourth-order valence-corrected chi connectivity index (χ4v) is 5.12. The SMILES string of the molecule is CC(CNC(=O)c1cc2c(F)cccc2s1)N1CCc2sccc2C1. The number of halogens is 1. The van der Waals surface area contributed by atoms with Gasteiger partial charge < -0.3 is 5.32 Å². The molecule has 3 heterocycles. The summed E-state index contributed by atoms with van der Waals surface area (Å²) < 4.78 is 14.6. The van der Waals surface area contributed by atoms with Crippen molar-refractivity contribution in [1.29, 1.82) is 0 Å². The van der Waals surface area contributed by atoms with Gasteiger partial charge in [0.15, 0.2) is 0 Å². The van der Waals surface area contributed by atoms with Crippen LogP contribution in [0.4, 0.5) is 4.39 Å². The molecule has 3 nitrogen and oxygen atoms in total. The highest BCUT2D eigenvalue weighted by atomic mass is 32.1. The third-order valence-electron chi connectivity index (χ3n) is 4.75. The van der Waals surface area contributed by atoms with E-state index in [0.717, 1.165) is 24.2 Å². The van der Waals surface area contributed by atoms with Gasteiger partial charge in [0, 0.05) is 40.6 Å². The minimum absolute atomic E-state index is 0.124. The molecule has 1 unspecified atom stereocenters. The fraction of sp³-hybridized carbons (Fsp3) is 0.316. The maximum Gasteiger partial charge on any atom is 0.261 e. The molecule has 130 valence electrons. The second kappa shape index (κ2) is 6.86. The number of thiophene rings is 2. The normalized spacial score (nSPS) is 15.9. The maximum atomic E-state index is 13.8. The van der Waals surface area contributed by atoms with E-state index in [9.17, 15) is 9.18 Å². The van der Waals surface area contributed by atoms with Crippen LogP contribution >= 0.6 is 22.7 Å². The van der Waals surface area contributed by atoms with Crippen LogP contribution in [0.1, 0.15) is 27.0 Å². The van der Waals surface area contributed by atoms with Gasteiger partial charge in [0.05, 0.1) is 4.88 Å². The van der Waals surface area contributed by atoms with Crippen molar-refractivity contribution in [1.82, 2.24) is 10.2 Å². The lowest BCUT2D eigenvalue weighted by Crippen LogP contribution is -2.44. The smallest absolute Gasteiger partial charge is 0.261 e. The van der Waals surface area contributed by atoms with E-state index >= 15 is 0 Å². The number of fused-ring (bicyclic) bond motifs is 2. The van der Waals surface area contributed by atoms with Crippen LogP contribution in [0.5, 0.6) is 0 Å². The quantitative estimate of drug-likeness (QED) is 0.739. The Morgan fingerprint density at radius 2 is 2.28 bits per heavy atom. The predicted octanol–water partition coefficient (Wildman–Crippen LogP) is 4.28. The molecule has 6 heteroatoms. The van der Waals surface area contributed by atoms with Crippen molar-refractivity contribution in [2.24, 2.45) is 0 Å². The van der Waals surface area contributed by atoms with Crippen LogP contribution in [-0.4, -0.2) is 29.9 Å². The third kappa shape index (κ3) is 3.34. The molecular formula is C19H19FN2OS2. The first-order valence-electron chi connectivity index (χ1n) is 8.37. The maximum absolute atomic E-state index is 13.8. The van der Waals surface area contributed by atoms with Crippen LogP contribution in [0.25, 0.3) is 10.1 Å². The Hall–Kier alpha value is -1.76. The summed E-state index contributed by atoms with van der Waals surface area (Å²) in [6.45, 7) is 4.71. The fourth-order valence-electron chi connectivity index (χ4n) is 3.24. The Morgan fingerprint density at radius 1 is 1.40 bits per heavy atom. The minimum Gasteiger partial charge on any atom is -0.350 e. The number of amides is 1.